The van der Waals surface area contributed by atoms with Crippen LogP contribution in [0.2, 0.25) is 5.02 Å². The third kappa shape index (κ3) is 8.28. The lowest BCUT2D eigenvalue weighted by Crippen LogP contribution is -2.53. The van der Waals surface area contributed by atoms with Gasteiger partial charge < -0.3 is 25.8 Å². The molecule has 2 aromatic carbocycles. The van der Waals surface area contributed by atoms with Crippen molar-refractivity contribution in [3.63, 3.8) is 0 Å². The molecule has 0 spiro atoms. The van der Waals surface area contributed by atoms with E-state index in [1.165, 1.54) is 17.9 Å². The number of ether oxygens (including phenoxy) is 2. The highest BCUT2D eigenvalue weighted by molar-refractivity contribution is 6.30. The molecule has 0 saturated heterocycles. The Kier molecular flexibility index (Phi) is 10.7. The van der Waals surface area contributed by atoms with Crippen LogP contribution in [0.1, 0.15) is 67.8 Å². The first-order valence-electron chi connectivity index (χ1n) is 12.7. The number of esters is 1. The largest absolute Gasteiger partial charge is 0.484 e. The van der Waals surface area contributed by atoms with E-state index < -0.39 is 35.7 Å². The van der Waals surface area contributed by atoms with Crippen LogP contribution in [0.3, 0.4) is 0 Å². The minimum atomic E-state index is -0.784. The van der Waals surface area contributed by atoms with Gasteiger partial charge in [-0.3, -0.25) is 14.4 Å². The van der Waals surface area contributed by atoms with Crippen molar-refractivity contribution in [1.29, 1.82) is 0 Å². The van der Waals surface area contributed by atoms with E-state index in [0.717, 1.165) is 5.56 Å². The maximum Gasteiger partial charge on any atom is 0.328 e. The number of nitrogens with two attached hydrogens (primary N) is 2. The number of ketones is 1. The molecule has 1 aliphatic rings. The minimum absolute atomic E-state index is 0.0363. The fraction of sp³-hybridized carbons (Fsp3) is 0.448. The third-order valence-corrected chi connectivity index (χ3v) is 6.90. The van der Waals surface area contributed by atoms with E-state index in [0.29, 0.717) is 28.3 Å². The van der Waals surface area contributed by atoms with Crippen molar-refractivity contribution in [1.82, 2.24) is 4.90 Å². The molecular formula is C29H38ClN3O6. The molecule has 2 aromatic rings. The van der Waals surface area contributed by atoms with Crippen molar-refractivity contribution in [3.8, 4) is 5.75 Å². The molecule has 1 aliphatic heterocycles. The number of nitrogens with zero attached hydrogens (tertiary/aromatic N) is 1. The minimum Gasteiger partial charge on any atom is -0.484 e. The van der Waals surface area contributed by atoms with Crippen LogP contribution >= 0.6 is 11.6 Å². The Hall–Kier alpha value is -3.43. The van der Waals surface area contributed by atoms with E-state index in [-0.39, 0.29) is 17.6 Å². The average molecular weight is 560 g/mol. The summed E-state index contributed by atoms with van der Waals surface area (Å²) in [7, 11) is 1.55. The summed E-state index contributed by atoms with van der Waals surface area (Å²) in [5.74, 6) is -0.685. The number of rotatable bonds is 7. The molecule has 1 unspecified atom stereocenters. The van der Waals surface area contributed by atoms with Crippen LogP contribution in [0.5, 0.6) is 5.75 Å². The van der Waals surface area contributed by atoms with Gasteiger partial charge in [0.05, 0.1) is 6.04 Å². The van der Waals surface area contributed by atoms with Crippen LogP contribution in [0.4, 0.5) is 0 Å². The van der Waals surface area contributed by atoms with E-state index in [4.69, 9.17) is 32.5 Å². The summed E-state index contributed by atoms with van der Waals surface area (Å²) < 4.78 is 11.8. The Morgan fingerprint density at radius 1 is 1.08 bits per heavy atom. The van der Waals surface area contributed by atoms with Crippen LogP contribution in [0, 0.1) is 5.92 Å². The lowest BCUT2D eigenvalue weighted by Gasteiger charge is -2.40. The quantitative estimate of drug-likeness (QED) is 0.388. The second kappa shape index (κ2) is 13.1. The topological polar surface area (TPSA) is 142 Å². The molecule has 9 nitrogen and oxygen atoms in total. The lowest BCUT2D eigenvalue weighted by molar-refractivity contribution is -0.168. The van der Waals surface area contributed by atoms with E-state index in [9.17, 15) is 19.2 Å². The number of carbonyl (C=O) groups is 4. The Bertz CT molecular complexity index is 1230. The highest BCUT2D eigenvalue weighted by Gasteiger charge is 2.41. The number of benzene rings is 2. The van der Waals surface area contributed by atoms with E-state index in [2.05, 4.69) is 0 Å². The van der Waals surface area contributed by atoms with Gasteiger partial charge in [0.15, 0.2) is 5.78 Å². The Labute approximate surface area is 234 Å². The fourth-order valence-corrected chi connectivity index (χ4v) is 3.98. The Morgan fingerprint density at radius 3 is 2.23 bits per heavy atom. The molecule has 3 rings (SSSR count). The van der Waals surface area contributed by atoms with Crippen molar-refractivity contribution in [2.24, 2.45) is 17.4 Å². The van der Waals surface area contributed by atoms with Gasteiger partial charge in [0.25, 0.3) is 0 Å². The molecule has 39 heavy (non-hydrogen) atoms. The first kappa shape index (κ1) is 31.8. The van der Waals surface area contributed by atoms with Crippen molar-refractivity contribution < 1.29 is 28.7 Å². The summed E-state index contributed by atoms with van der Waals surface area (Å²) in [5.41, 5.74) is 12.0. The summed E-state index contributed by atoms with van der Waals surface area (Å²) in [4.78, 5) is 48.7. The molecule has 10 heteroatoms. The number of fused-ring (bicyclic) bond motifs is 1. The van der Waals surface area contributed by atoms with Crippen LogP contribution in [-0.4, -0.2) is 59.3 Å². The molecule has 0 saturated carbocycles. The number of amides is 2. The first-order valence-corrected chi connectivity index (χ1v) is 13.0. The second-order valence-corrected chi connectivity index (χ2v) is 10.9. The van der Waals surface area contributed by atoms with Gasteiger partial charge in [0.2, 0.25) is 11.8 Å². The van der Waals surface area contributed by atoms with Crippen LogP contribution in [0.15, 0.2) is 42.5 Å². The maximum absolute atomic E-state index is 12.8. The summed E-state index contributed by atoms with van der Waals surface area (Å²) in [6, 6.07) is 10.3. The number of Topliss-reactive ketones (excluding diaryl/α,β-unsaturated/α-hetero) is 1. The smallest absolute Gasteiger partial charge is 0.328 e. The molecule has 0 bridgehead atoms. The normalized spacial score (nSPS) is 16.9. The SMILES string of the molecule is CC(=O)c1ccc2c(c1)C[C@@H](OC(=O)[C@H](C)N(C)C(=O)C(N)C(C)C)C(C)(C)O2.NC(=O)c1cccc(Cl)c1. The van der Waals surface area contributed by atoms with Crippen molar-refractivity contribution in [2.45, 2.75) is 71.8 Å². The van der Waals surface area contributed by atoms with E-state index in [1.807, 2.05) is 27.7 Å². The number of hydrogen-bond acceptors (Lipinski definition) is 7. The Morgan fingerprint density at radius 2 is 1.72 bits per heavy atom. The maximum atomic E-state index is 12.8. The van der Waals surface area contributed by atoms with Crippen molar-refractivity contribution in [2.75, 3.05) is 7.05 Å². The van der Waals surface area contributed by atoms with Gasteiger partial charge >= 0.3 is 5.97 Å². The predicted molar refractivity (Wildman–Crippen MR) is 150 cm³/mol. The van der Waals surface area contributed by atoms with Gasteiger partial charge in [-0.25, -0.2) is 4.79 Å². The standard InChI is InChI=1S/C22H32N2O5.C7H6ClNO/c1-12(2)19(23)20(26)24(7)13(3)21(27)28-18-11-16-10-15(14(4)25)8-9-17(16)29-22(18,5)6;8-6-3-1-2-5(4-6)7(9)10/h8-10,12-13,18-19H,11,23H2,1-7H3;1-4H,(H2,9,10)/t13-,18+,19?;/m0./s1. The fourth-order valence-electron chi connectivity index (χ4n) is 3.79. The van der Waals surface area contributed by atoms with Crippen molar-refractivity contribution >= 4 is 35.2 Å². The molecule has 212 valence electrons. The highest BCUT2D eigenvalue weighted by atomic mass is 35.5. The number of halogens is 1. The number of primary amides is 1. The zero-order valence-corrected chi connectivity index (χ0v) is 24.2. The summed E-state index contributed by atoms with van der Waals surface area (Å²) in [6.45, 7) is 10.5. The average Bonchev–Trinajstić information content (AvgIpc) is 2.86. The van der Waals surface area contributed by atoms with Gasteiger partial charge in [-0.05, 0) is 75.6 Å². The molecular weight excluding hydrogens is 522 g/mol. The molecule has 4 N–H and O–H groups in total. The lowest BCUT2D eigenvalue weighted by atomic mass is 9.89. The van der Waals surface area contributed by atoms with Gasteiger partial charge in [-0.2, -0.15) is 0 Å². The van der Waals surface area contributed by atoms with Gasteiger partial charge in [0.1, 0.15) is 23.5 Å². The van der Waals surface area contributed by atoms with Crippen molar-refractivity contribution in [3.05, 3.63) is 64.2 Å². The molecule has 2 amide bonds. The van der Waals surface area contributed by atoms with Crippen LogP contribution in [0.25, 0.3) is 0 Å². The molecule has 0 aliphatic carbocycles. The Balaban J connectivity index is 0.000000446. The molecule has 1 heterocycles. The van der Waals surface area contributed by atoms with E-state index in [1.54, 1.807) is 50.4 Å². The molecule has 0 radical (unpaired) electrons. The second-order valence-electron chi connectivity index (χ2n) is 10.5. The van der Waals surface area contributed by atoms with Gasteiger partial charge in [0, 0.05) is 29.6 Å². The number of likely N-dealkylation sites (N-methyl/N-ethyl adjacent to an activating group) is 1. The zero-order chi connectivity index (χ0) is 29.7. The van der Waals surface area contributed by atoms with Crippen LogP contribution in [-0.2, 0) is 20.7 Å². The summed E-state index contributed by atoms with van der Waals surface area (Å²) in [6.07, 6.45) is -0.139. The first-order chi connectivity index (χ1) is 18.0. The molecule has 0 aromatic heterocycles. The van der Waals surface area contributed by atoms with Crippen LogP contribution < -0.4 is 16.2 Å². The highest BCUT2D eigenvalue weighted by Crippen LogP contribution is 2.35. The molecule has 3 atom stereocenters. The van der Waals surface area contributed by atoms with Gasteiger partial charge in [-0.15, -0.1) is 0 Å². The monoisotopic (exact) mass is 559 g/mol. The number of carbonyl (C=O) groups excluding carboxylic acids is 4. The van der Waals surface area contributed by atoms with Gasteiger partial charge in [-0.1, -0.05) is 31.5 Å². The number of hydrogen-bond donors (Lipinski definition) is 2. The summed E-state index contributed by atoms with van der Waals surface area (Å²) in [5, 5.41) is 0.524. The predicted octanol–water partition coefficient (Wildman–Crippen LogP) is 3.78. The third-order valence-electron chi connectivity index (χ3n) is 6.66. The zero-order valence-electron chi connectivity index (χ0n) is 23.5. The van der Waals surface area contributed by atoms with E-state index >= 15 is 0 Å². The summed E-state index contributed by atoms with van der Waals surface area (Å²) >= 11 is 5.58. The molecule has 0 fully saturated rings.